The summed E-state index contributed by atoms with van der Waals surface area (Å²) in [7, 11) is 0. The lowest BCUT2D eigenvalue weighted by Gasteiger charge is -2.18. The first-order valence-electron chi connectivity index (χ1n) is 4.99. The summed E-state index contributed by atoms with van der Waals surface area (Å²) in [6.45, 7) is 7.72. The highest BCUT2D eigenvalue weighted by atomic mass is 16.5. The summed E-state index contributed by atoms with van der Waals surface area (Å²) in [4.78, 5) is 11.3. The number of nitrogens with one attached hydrogen (secondary N) is 1. The molecule has 0 aromatic carbocycles. The van der Waals surface area contributed by atoms with Crippen LogP contribution >= 0.6 is 0 Å². The molecule has 1 radical (unpaired) electrons. The van der Waals surface area contributed by atoms with E-state index in [2.05, 4.69) is 0 Å². The Balaban J connectivity index is 3.85. The van der Waals surface area contributed by atoms with Crippen molar-refractivity contribution >= 4 is 5.97 Å². The molecule has 0 saturated carbocycles. The van der Waals surface area contributed by atoms with E-state index in [1.807, 2.05) is 27.7 Å². The fourth-order valence-corrected chi connectivity index (χ4v) is 0.733. The highest BCUT2D eigenvalue weighted by molar-refractivity contribution is 5.75. The Morgan fingerprint density at radius 2 is 1.79 bits per heavy atom. The molecule has 0 amide bonds. The zero-order chi connectivity index (χ0) is 11.3. The van der Waals surface area contributed by atoms with E-state index >= 15 is 0 Å². The molecule has 4 heteroatoms. The molecule has 0 bridgehead atoms. The van der Waals surface area contributed by atoms with Gasteiger partial charge in [-0.25, -0.2) is 0 Å². The van der Waals surface area contributed by atoms with Crippen LogP contribution in [0.2, 0.25) is 0 Å². The fraction of sp³-hybridized carbons (Fsp3) is 0.900. The van der Waals surface area contributed by atoms with Crippen molar-refractivity contribution in [2.75, 3.05) is 6.61 Å². The van der Waals surface area contributed by atoms with Crippen LogP contribution in [-0.2, 0) is 9.53 Å². The third kappa shape index (κ3) is 4.58. The van der Waals surface area contributed by atoms with E-state index in [1.54, 1.807) is 0 Å². The van der Waals surface area contributed by atoms with Crippen molar-refractivity contribution in [1.82, 2.24) is 5.73 Å². The molecule has 0 saturated heterocycles. The second kappa shape index (κ2) is 5.98. The fourth-order valence-electron chi connectivity index (χ4n) is 0.733. The maximum Gasteiger partial charge on any atom is 0.323 e. The van der Waals surface area contributed by atoms with Gasteiger partial charge in [0.25, 0.3) is 0 Å². The Morgan fingerprint density at radius 1 is 1.29 bits per heavy atom. The van der Waals surface area contributed by atoms with E-state index in [4.69, 9.17) is 16.2 Å². The molecule has 0 aliphatic heterocycles. The normalized spacial score (nSPS) is 15.7. The molecule has 4 nitrogen and oxygen atoms in total. The minimum atomic E-state index is -0.575. The smallest absolute Gasteiger partial charge is 0.323 e. The van der Waals surface area contributed by atoms with Crippen LogP contribution in [-0.4, -0.2) is 24.7 Å². The molecule has 0 unspecified atom stereocenters. The predicted octanol–water partition coefficient (Wildman–Crippen LogP) is 0.820. The molecule has 2 atom stereocenters. The van der Waals surface area contributed by atoms with Gasteiger partial charge in [0, 0.05) is 0 Å². The van der Waals surface area contributed by atoms with Gasteiger partial charge in [0.2, 0.25) is 0 Å². The molecule has 0 aliphatic rings. The molecule has 0 aromatic heterocycles. The van der Waals surface area contributed by atoms with Crippen LogP contribution in [0.3, 0.4) is 0 Å². The Morgan fingerprint density at radius 3 is 2.14 bits per heavy atom. The second-order valence-corrected chi connectivity index (χ2v) is 4.25. The number of nitrogens with two attached hydrogens (primary N) is 1. The first kappa shape index (κ1) is 13.4. The van der Waals surface area contributed by atoms with E-state index < -0.39 is 12.0 Å². The summed E-state index contributed by atoms with van der Waals surface area (Å²) in [6.07, 6.45) is 0. The van der Waals surface area contributed by atoms with E-state index in [-0.39, 0.29) is 24.5 Å². The van der Waals surface area contributed by atoms with Crippen LogP contribution in [0.5, 0.6) is 0 Å². The maximum atomic E-state index is 11.3. The quantitative estimate of drug-likeness (QED) is 0.669. The molecule has 0 rings (SSSR count). The maximum absolute atomic E-state index is 11.3. The summed E-state index contributed by atoms with van der Waals surface area (Å²) in [5.74, 6) is -0.137. The number of rotatable bonds is 5. The number of esters is 1. The zero-order valence-corrected chi connectivity index (χ0v) is 9.41. The van der Waals surface area contributed by atoms with Crippen LogP contribution in [0.25, 0.3) is 0 Å². The van der Waals surface area contributed by atoms with Gasteiger partial charge >= 0.3 is 5.97 Å². The summed E-state index contributed by atoms with van der Waals surface area (Å²) >= 11 is 0. The van der Waals surface area contributed by atoms with Gasteiger partial charge in [0.1, 0.15) is 12.6 Å². The first-order valence-corrected chi connectivity index (χ1v) is 4.99. The van der Waals surface area contributed by atoms with E-state index in [0.29, 0.717) is 0 Å². The van der Waals surface area contributed by atoms with Crippen LogP contribution in [0.1, 0.15) is 27.7 Å². The standard InChI is InChI=1S/C10H21N2O2/c1-6(2)8(11)5-14-10(13)9(12)7(3)4/h6-9,11H,5,12H2,1-4H3/t8-,9-/m0/s1. The SMILES string of the molecule is CC(C)[C@H](N)C(=O)OC[C@H]([NH])C(C)C. The minimum Gasteiger partial charge on any atom is -0.463 e. The highest BCUT2D eigenvalue weighted by Crippen LogP contribution is 2.04. The van der Waals surface area contributed by atoms with Crippen LogP contribution in [0, 0.1) is 11.8 Å². The molecule has 83 valence electrons. The predicted molar refractivity (Wildman–Crippen MR) is 55.5 cm³/mol. The van der Waals surface area contributed by atoms with Crippen LogP contribution < -0.4 is 11.5 Å². The summed E-state index contributed by atoms with van der Waals surface area (Å²) in [6, 6.07) is -0.937. The average Bonchev–Trinajstić information content (AvgIpc) is 2.11. The Labute approximate surface area is 86.0 Å². The van der Waals surface area contributed by atoms with Gasteiger partial charge < -0.3 is 10.5 Å². The van der Waals surface area contributed by atoms with Crippen molar-refractivity contribution in [3.8, 4) is 0 Å². The van der Waals surface area contributed by atoms with Gasteiger partial charge in [-0.3, -0.25) is 10.5 Å². The lowest BCUT2D eigenvalue weighted by atomic mass is 10.1. The Bertz CT molecular complexity index is 181. The molecule has 0 aromatic rings. The van der Waals surface area contributed by atoms with Crippen LogP contribution in [0.4, 0.5) is 0 Å². The lowest BCUT2D eigenvalue weighted by molar-refractivity contribution is -0.147. The third-order valence-corrected chi connectivity index (χ3v) is 2.20. The van der Waals surface area contributed by atoms with Gasteiger partial charge in [0.15, 0.2) is 0 Å². The number of carbonyl (C=O) groups excluding carboxylic acids is 1. The molecule has 14 heavy (non-hydrogen) atoms. The number of hydrogen-bond donors (Lipinski definition) is 1. The monoisotopic (exact) mass is 201 g/mol. The molecule has 0 spiro atoms. The van der Waals surface area contributed by atoms with Gasteiger partial charge in [-0.2, -0.15) is 0 Å². The summed E-state index contributed by atoms with van der Waals surface area (Å²) < 4.78 is 4.94. The van der Waals surface area contributed by atoms with Crippen molar-refractivity contribution in [3.63, 3.8) is 0 Å². The van der Waals surface area contributed by atoms with Crippen LogP contribution in [0.15, 0.2) is 0 Å². The number of hydrogen-bond acceptors (Lipinski definition) is 3. The van der Waals surface area contributed by atoms with Gasteiger partial charge in [-0.15, -0.1) is 0 Å². The van der Waals surface area contributed by atoms with Gasteiger partial charge in [-0.1, -0.05) is 27.7 Å². The van der Waals surface area contributed by atoms with Gasteiger partial charge in [-0.05, 0) is 11.8 Å². The van der Waals surface area contributed by atoms with E-state index in [9.17, 15) is 4.79 Å². The zero-order valence-electron chi connectivity index (χ0n) is 9.41. The largest absolute Gasteiger partial charge is 0.463 e. The van der Waals surface area contributed by atoms with Crippen molar-refractivity contribution in [2.24, 2.45) is 17.6 Å². The van der Waals surface area contributed by atoms with E-state index in [1.165, 1.54) is 0 Å². The number of carbonyl (C=O) groups is 1. The number of ether oxygens (including phenoxy) is 1. The first-order chi connectivity index (χ1) is 6.36. The molecule has 0 aliphatic carbocycles. The Kier molecular flexibility index (Phi) is 5.72. The van der Waals surface area contributed by atoms with Crippen molar-refractivity contribution in [2.45, 2.75) is 39.8 Å². The molecule has 0 fully saturated rings. The minimum absolute atomic E-state index is 0.0748. The molecule has 0 heterocycles. The van der Waals surface area contributed by atoms with Crippen molar-refractivity contribution < 1.29 is 9.53 Å². The highest BCUT2D eigenvalue weighted by Gasteiger charge is 2.20. The Hall–Kier alpha value is -0.610. The lowest BCUT2D eigenvalue weighted by Crippen LogP contribution is -2.39. The second-order valence-electron chi connectivity index (χ2n) is 4.25. The van der Waals surface area contributed by atoms with Crippen molar-refractivity contribution in [1.29, 1.82) is 0 Å². The molecular formula is C10H21N2O2. The van der Waals surface area contributed by atoms with E-state index in [0.717, 1.165) is 0 Å². The molecule has 3 N–H and O–H groups in total. The summed E-state index contributed by atoms with van der Waals surface area (Å²) in [5.41, 5.74) is 13.1. The summed E-state index contributed by atoms with van der Waals surface area (Å²) in [5, 5.41) is 0. The topological polar surface area (TPSA) is 76.1 Å². The average molecular weight is 201 g/mol. The van der Waals surface area contributed by atoms with Crippen molar-refractivity contribution in [3.05, 3.63) is 0 Å². The third-order valence-electron chi connectivity index (χ3n) is 2.20. The van der Waals surface area contributed by atoms with Gasteiger partial charge in [0.05, 0.1) is 6.04 Å². The molecular weight excluding hydrogens is 180 g/mol.